The molecular formula is C15H24N2. The lowest BCUT2D eigenvalue weighted by Gasteiger charge is -2.19. The molecule has 2 nitrogen and oxygen atoms in total. The van der Waals surface area contributed by atoms with Gasteiger partial charge in [0, 0.05) is 19.1 Å². The molecule has 1 aliphatic rings. The molecule has 94 valence electrons. The Bertz CT molecular complexity index is 343. The van der Waals surface area contributed by atoms with Gasteiger partial charge in [-0.15, -0.1) is 0 Å². The van der Waals surface area contributed by atoms with Gasteiger partial charge < -0.3 is 10.2 Å². The second-order valence-corrected chi connectivity index (χ2v) is 5.08. The van der Waals surface area contributed by atoms with Gasteiger partial charge in [-0.1, -0.05) is 24.3 Å². The quantitative estimate of drug-likeness (QED) is 0.840. The molecule has 0 unspecified atom stereocenters. The van der Waals surface area contributed by atoms with Crippen molar-refractivity contribution in [3.8, 4) is 0 Å². The molecule has 1 fully saturated rings. The molecule has 0 radical (unpaired) electrons. The van der Waals surface area contributed by atoms with Gasteiger partial charge in [-0.2, -0.15) is 0 Å². The highest BCUT2D eigenvalue weighted by Gasteiger charge is 2.12. The van der Waals surface area contributed by atoms with E-state index < -0.39 is 0 Å². The highest BCUT2D eigenvalue weighted by atomic mass is 15.1. The van der Waals surface area contributed by atoms with Gasteiger partial charge in [-0.3, -0.25) is 0 Å². The predicted molar refractivity (Wildman–Crippen MR) is 73.3 cm³/mol. The van der Waals surface area contributed by atoms with Crippen LogP contribution in [0.25, 0.3) is 0 Å². The zero-order valence-electron chi connectivity index (χ0n) is 11.1. The van der Waals surface area contributed by atoms with Gasteiger partial charge in [-0.05, 0) is 50.9 Å². The van der Waals surface area contributed by atoms with Crippen molar-refractivity contribution in [3.63, 3.8) is 0 Å². The number of rotatable bonds is 5. The largest absolute Gasteiger partial charge is 0.309 e. The molecule has 1 N–H and O–H groups in total. The highest BCUT2D eigenvalue weighted by Crippen LogP contribution is 2.16. The van der Waals surface area contributed by atoms with E-state index in [2.05, 4.69) is 48.3 Å². The van der Waals surface area contributed by atoms with Crippen molar-refractivity contribution in [1.29, 1.82) is 0 Å². The van der Waals surface area contributed by atoms with E-state index in [0.717, 1.165) is 6.54 Å². The topological polar surface area (TPSA) is 15.3 Å². The third-order valence-corrected chi connectivity index (χ3v) is 3.73. The number of likely N-dealkylation sites (tertiary alicyclic amines) is 1. The van der Waals surface area contributed by atoms with Crippen LogP contribution in [0.1, 0.15) is 36.9 Å². The maximum absolute atomic E-state index is 3.62. The van der Waals surface area contributed by atoms with Crippen LogP contribution in [0.15, 0.2) is 24.3 Å². The third-order valence-electron chi connectivity index (χ3n) is 3.73. The van der Waals surface area contributed by atoms with Crippen LogP contribution in [0.5, 0.6) is 0 Å². The van der Waals surface area contributed by atoms with Crippen LogP contribution in [0.2, 0.25) is 0 Å². The van der Waals surface area contributed by atoms with Crippen LogP contribution < -0.4 is 5.32 Å². The molecule has 1 aromatic rings. The zero-order chi connectivity index (χ0) is 12.1. The molecule has 17 heavy (non-hydrogen) atoms. The summed E-state index contributed by atoms with van der Waals surface area (Å²) in [5, 5.41) is 3.62. The number of benzene rings is 1. The summed E-state index contributed by atoms with van der Waals surface area (Å²) in [7, 11) is 0. The molecule has 1 heterocycles. The number of hydrogen-bond donors (Lipinski definition) is 1. The maximum atomic E-state index is 3.62. The average molecular weight is 232 g/mol. The summed E-state index contributed by atoms with van der Waals surface area (Å²) in [4.78, 5) is 2.55. The van der Waals surface area contributed by atoms with Crippen LogP contribution in [-0.4, -0.2) is 31.1 Å². The zero-order valence-corrected chi connectivity index (χ0v) is 11.1. The smallest absolute Gasteiger partial charge is 0.0294 e. The molecule has 2 rings (SSSR count). The van der Waals surface area contributed by atoms with Crippen molar-refractivity contribution in [2.24, 2.45) is 0 Å². The van der Waals surface area contributed by atoms with Crippen LogP contribution in [-0.2, 0) is 0 Å². The summed E-state index contributed by atoms with van der Waals surface area (Å²) in [5.41, 5.74) is 2.81. The van der Waals surface area contributed by atoms with Crippen molar-refractivity contribution in [1.82, 2.24) is 10.2 Å². The second-order valence-electron chi connectivity index (χ2n) is 5.08. The number of aryl methyl sites for hydroxylation is 1. The van der Waals surface area contributed by atoms with Crippen molar-refractivity contribution >= 4 is 0 Å². The van der Waals surface area contributed by atoms with Crippen LogP contribution >= 0.6 is 0 Å². The molecule has 0 saturated carbocycles. The van der Waals surface area contributed by atoms with Crippen molar-refractivity contribution in [3.05, 3.63) is 35.4 Å². The molecule has 0 aliphatic carbocycles. The Morgan fingerprint density at radius 3 is 2.65 bits per heavy atom. The third kappa shape index (κ3) is 3.55. The summed E-state index contributed by atoms with van der Waals surface area (Å²) in [6, 6.07) is 9.10. The van der Waals surface area contributed by atoms with Crippen LogP contribution in [0, 0.1) is 6.92 Å². The lowest BCUT2D eigenvalue weighted by Crippen LogP contribution is -2.31. The molecule has 1 aliphatic heterocycles. The Hall–Kier alpha value is -0.860. The standard InChI is InChI=1S/C15H24N2/c1-13-7-3-4-8-15(13)14(2)16-9-12-17-10-5-6-11-17/h3-4,7-8,14,16H,5-6,9-12H2,1-2H3/t14-/m1/s1. The van der Waals surface area contributed by atoms with Gasteiger partial charge in [0.2, 0.25) is 0 Å². The molecule has 0 bridgehead atoms. The van der Waals surface area contributed by atoms with Gasteiger partial charge in [-0.25, -0.2) is 0 Å². The minimum atomic E-state index is 0.457. The fourth-order valence-electron chi connectivity index (χ4n) is 2.63. The minimum Gasteiger partial charge on any atom is -0.309 e. The number of nitrogens with zero attached hydrogens (tertiary/aromatic N) is 1. The number of hydrogen-bond acceptors (Lipinski definition) is 2. The molecule has 2 heteroatoms. The first-order valence-corrected chi connectivity index (χ1v) is 6.78. The van der Waals surface area contributed by atoms with E-state index in [0.29, 0.717) is 6.04 Å². The Labute approximate surface area is 105 Å². The van der Waals surface area contributed by atoms with E-state index in [1.165, 1.54) is 43.6 Å². The van der Waals surface area contributed by atoms with E-state index in [4.69, 9.17) is 0 Å². The maximum Gasteiger partial charge on any atom is 0.0294 e. The molecular weight excluding hydrogens is 208 g/mol. The Balaban J connectivity index is 1.77. The SMILES string of the molecule is Cc1ccccc1[C@@H](C)NCCN1CCCC1. The molecule has 1 atom stereocenters. The number of nitrogens with one attached hydrogen (secondary N) is 1. The first-order chi connectivity index (χ1) is 8.27. The van der Waals surface area contributed by atoms with E-state index >= 15 is 0 Å². The average Bonchev–Trinajstić information content (AvgIpc) is 2.82. The molecule has 0 amide bonds. The fourth-order valence-corrected chi connectivity index (χ4v) is 2.63. The minimum absolute atomic E-state index is 0.457. The predicted octanol–water partition coefficient (Wildman–Crippen LogP) is 2.74. The molecule has 0 spiro atoms. The van der Waals surface area contributed by atoms with E-state index in [1.807, 2.05) is 0 Å². The van der Waals surface area contributed by atoms with E-state index in [1.54, 1.807) is 0 Å². The summed E-state index contributed by atoms with van der Waals surface area (Å²) in [6.07, 6.45) is 2.76. The first-order valence-electron chi connectivity index (χ1n) is 6.78. The molecule has 1 saturated heterocycles. The monoisotopic (exact) mass is 232 g/mol. The second kappa shape index (κ2) is 6.18. The molecule has 1 aromatic carbocycles. The summed E-state index contributed by atoms with van der Waals surface area (Å²) in [5.74, 6) is 0. The van der Waals surface area contributed by atoms with Crippen LogP contribution in [0.3, 0.4) is 0 Å². The van der Waals surface area contributed by atoms with Crippen molar-refractivity contribution < 1.29 is 0 Å². The lowest BCUT2D eigenvalue weighted by atomic mass is 10.0. The van der Waals surface area contributed by atoms with E-state index in [-0.39, 0.29) is 0 Å². The van der Waals surface area contributed by atoms with Crippen LogP contribution in [0.4, 0.5) is 0 Å². The lowest BCUT2D eigenvalue weighted by molar-refractivity contribution is 0.329. The van der Waals surface area contributed by atoms with Gasteiger partial charge in [0.1, 0.15) is 0 Å². The summed E-state index contributed by atoms with van der Waals surface area (Å²) in [6.45, 7) is 9.31. The molecule has 0 aromatic heterocycles. The van der Waals surface area contributed by atoms with Gasteiger partial charge in [0.05, 0.1) is 0 Å². The van der Waals surface area contributed by atoms with Gasteiger partial charge in [0.15, 0.2) is 0 Å². The van der Waals surface area contributed by atoms with Gasteiger partial charge in [0.25, 0.3) is 0 Å². The normalized spacial score (nSPS) is 18.5. The highest BCUT2D eigenvalue weighted by molar-refractivity contribution is 5.28. The summed E-state index contributed by atoms with van der Waals surface area (Å²) < 4.78 is 0. The summed E-state index contributed by atoms with van der Waals surface area (Å²) >= 11 is 0. The van der Waals surface area contributed by atoms with Gasteiger partial charge >= 0.3 is 0 Å². The fraction of sp³-hybridized carbons (Fsp3) is 0.600. The Morgan fingerprint density at radius 1 is 1.24 bits per heavy atom. The van der Waals surface area contributed by atoms with Crippen molar-refractivity contribution in [2.75, 3.05) is 26.2 Å². The van der Waals surface area contributed by atoms with Crippen molar-refractivity contribution in [2.45, 2.75) is 32.7 Å². The Morgan fingerprint density at radius 2 is 1.94 bits per heavy atom. The van der Waals surface area contributed by atoms with E-state index in [9.17, 15) is 0 Å². The first kappa shape index (κ1) is 12.6. The Kier molecular flexibility index (Phi) is 4.57.